The molecule has 0 unspecified atom stereocenters. The number of hydrogen-bond acceptors (Lipinski definition) is 2. The van der Waals surface area contributed by atoms with Crippen LogP contribution in [0, 0.1) is 0 Å². The molecule has 1 saturated carbocycles. The number of anilines is 1. The van der Waals surface area contributed by atoms with Crippen LogP contribution in [0.5, 0.6) is 0 Å². The van der Waals surface area contributed by atoms with E-state index in [0.717, 1.165) is 19.1 Å². The summed E-state index contributed by atoms with van der Waals surface area (Å²) in [4.78, 5) is 2.68. The lowest BCUT2D eigenvalue weighted by Gasteiger charge is -2.22. The highest BCUT2D eigenvalue weighted by atomic mass is 15.2. The highest BCUT2D eigenvalue weighted by Gasteiger charge is 2.28. The number of nitrogens with zero attached hydrogens (tertiary/aromatic N) is 1. The molecule has 98 valence electrons. The largest absolute Gasteiger partial charge is 0.384 e. The highest BCUT2D eigenvalue weighted by Crippen LogP contribution is 2.30. The van der Waals surface area contributed by atoms with Crippen molar-refractivity contribution in [3.05, 3.63) is 29.3 Å². The summed E-state index contributed by atoms with van der Waals surface area (Å²) in [6, 6.07) is 7.88. The predicted molar refractivity (Wildman–Crippen MR) is 77.0 cm³/mol. The fourth-order valence-corrected chi connectivity index (χ4v) is 2.86. The Morgan fingerprint density at radius 3 is 3.00 bits per heavy atom. The van der Waals surface area contributed by atoms with Gasteiger partial charge in [-0.25, -0.2) is 0 Å². The van der Waals surface area contributed by atoms with Gasteiger partial charge in [-0.2, -0.15) is 0 Å². The predicted octanol–water partition coefficient (Wildman–Crippen LogP) is 3.42. The normalized spacial score (nSPS) is 17.9. The SMILES string of the molecule is CCCCN(Cc1ccc2c(c1)NCC2)C1CC1. The van der Waals surface area contributed by atoms with Crippen molar-refractivity contribution in [2.75, 3.05) is 18.4 Å². The maximum Gasteiger partial charge on any atom is 0.0376 e. The third kappa shape index (κ3) is 2.69. The van der Waals surface area contributed by atoms with E-state index in [1.54, 1.807) is 0 Å². The van der Waals surface area contributed by atoms with E-state index < -0.39 is 0 Å². The van der Waals surface area contributed by atoms with Gasteiger partial charge in [-0.3, -0.25) is 4.90 Å². The summed E-state index contributed by atoms with van der Waals surface area (Å²) < 4.78 is 0. The Kier molecular flexibility index (Phi) is 3.55. The first-order valence-corrected chi connectivity index (χ1v) is 7.46. The first-order chi connectivity index (χ1) is 8.86. The van der Waals surface area contributed by atoms with Gasteiger partial charge in [0.25, 0.3) is 0 Å². The fourth-order valence-electron chi connectivity index (χ4n) is 2.86. The molecule has 0 atom stereocenters. The van der Waals surface area contributed by atoms with E-state index in [4.69, 9.17) is 0 Å². The molecule has 1 aliphatic heterocycles. The molecule has 1 heterocycles. The maximum absolute atomic E-state index is 3.48. The van der Waals surface area contributed by atoms with Crippen LogP contribution >= 0.6 is 0 Å². The van der Waals surface area contributed by atoms with E-state index in [2.05, 4.69) is 35.3 Å². The van der Waals surface area contributed by atoms with Crippen LogP contribution in [0.3, 0.4) is 0 Å². The van der Waals surface area contributed by atoms with Gasteiger partial charge in [-0.05, 0) is 49.4 Å². The Bertz CT molecular complexity index is 410. The topological polar surface area (TPSA) is 15.3 Å². The van der Waals surface area contributed by atoms with E-state index in [-0.39, 0.29) is 0 Å². The van der Waals surface area contributed by atoms with E-state index in [9.17, 15) is 0 Å². The lowest BCUT2D eigenvalue weighted by molar-refractivity contribution is 0.251. The van der Waals surface area contributed by atoms with E-state index in [1.807, 2.05) is 0 Å². The molecule has 2 nitrogen and oxygen atoms in total. The zero-order valence-electron chi connectivity index (χ0n) is 11.4. The molecule has 2 heteroatoms. The quantitative estimate of drug-likeness (QED) is 0.825. The van der Waals surface area contributed by atoms with Gasteiger partial charge in [0, 0.05) is 24.8 Å². The van der Waals surface area contributed by atoms with Crippen molar-refractivity contribution in [1.82, 2.24) is 4.90 Å². The van der Waals surface area contributed by atoms with E-state index in [1.165, 1.54) is 55.5 Å². The van der Waals surface area contributed by atoms with Crippen molar-refractivity contribution in [2.45, 2.75) is 51.6 Å². The molecule has 2 aliphatic rings. The van der Waals surface area contributed by atoms with Crippen LogP contribution in [0.1, 0.15) is 43.7 Å². The second-order valence-corrected chi connectivity index (χ2v) is 5.72. The average Bonchev–Trinajstić information content (AvgIpc) is 3.12. The van der Waals surface area contributed by atoms with Crippen LogP contribution in [-0.2, 0) is 13.0 Å². The standard InChI is InChI=1S/C16H24N2/c1-2-3-10-18(15-6-7-15)12-13-4-5-14-8-9-17-16(14)11-13/h4-5,11,15,17H,2-3,6-10,12H2,1H3. The van der Waals surface area contributed by atoms with Crippen molar-refractivity contribution in [3.8, 4) is 0 Å². The zero-order chi connectivity index (χ0) is 12.4. The molecule has 1 aromatic carbocycles. The number of unbranched alkanes of at least 4 members (excludes halogenated alkanes) is 1. The Morgan fingerprint density at radius 2 is 2.22 bits per heavy atom. The zero-order valence-corrected chi connectivity index (χ0v) is 11.4. The summed E-state index contributed by atoms with van der Waals surface area (Å²) >= 11 is 0. The maximum atomic E-state index is 3.48. The Labute approximate surface area is 110 Å². The second-order valence-electron chi connectivity index (χ2n) is 5.72. The van der Waals surface area contributed by atoms with E-state index in [0.29, 0.717) is 0 Å². The van der Waals surface area contributed by atoms with Gasteiger partial charge in [0.2, 0.25) is 0 Å². The minimum Gasteiger partial charge on any atom is -0.384 e. The molecule has 0 bridgehead atoms. The summed E-state index contributed by atoms with van der Waals surface area (Å²) in [6.45, 7) is 5.80. The molecule has 3 rings (SSSR count). The second kappa shape index (κ2) is 5.31. The van der Waals surface area contributed by atoms with Crippen LogP contribution in [0.25, 0.3) is 0 Å². The molecule has 0 spiro atoms. The van der Waals surface area contributed by atoms with Crippen LogP contribution in [0.4, 0.5) is 5.69 Å². The fraction of sp³-hybridized carbons (Fsp3) is 0.625. The molecule has 1 aromatic rings. The number of nitrogens with one attached hydrogen (secondary N) is 1. The lowest BCUT2D eigenvalue weighted by Crippen LogP contribution is -2.26. The van der Waals surface area contributed by atoms with Crippen LogP contribution in [0.2, 0.25) is 0 Å². The number of rotatable bonds is 6. The van der Waals surface area contributed by atoms with Gasteiger partial charge in [0.1, 0.15) is 0 Å². The molecule has 18 heavy (non-hydrogen) atoms. The van der Waals surface area contributed by atoms with Crippen LogP contribution in [-0.4, -0.2) is 24.0 Å². The summed E-state index contributed by atoms with van der Waals surface area (Å²) in [7, 11) is 0. The summed E-state index contributed by atoms with van der Waals surface area (Å²) in [5.74, 6) is 0. The van der Waals surface area contributed by atoms with Crippen molar-refractivity contribution in [3.63, 3.8) is 0 Å². The number of hydrogen-bond donors (Lipinski definition) is 1. The molecule has 0 radical (unpaired) electrons. The Balaban J connectivity index is 1.66. The monoisotopic (exact) mass is 244 g/mol. The average molecular weight is 244 g/mol. The minimum absolute atomic E-state index is 0.873. The number of benzene rings is 1. The van der Waals surface area contributed by atoms with Crippen molar-refractivity contribution in [2.24, 2.45) is 0 Å². The molecule has 1 aliphatic carbocycles. The molecule has 1 fully saturated rings. The first-order valence-electron chi connectivity index (χ1n) is 7.46. The van der Waals surface area contributed by atoms with Gasteiger partial charge in [0.15, 0.2) is 0 Å². The van der Waals surface area contributed by atoms with Gasteiger partial charge < -0.3 is 5.32 Å². The third-order valence-corrected chi connectivity index (χ3v) is 4.13. The van der Waals surface area contributed by atoms with Crippen molar-refractivity contribution >= 4 is 5.69 Å². The first kappa shape index (κ1) is 12.0. The summed E-state index contributed by atoms with van der Waals surface area (Å²) in [6.07, 6.45) is 6.65. The lowest BCUT2D eigenvalue weighted by atomic mass is 10.1. The molecule has 0 aromatic heterocycles. The minimum atomic E-state index is 0.873. The van der Waals surface area contributed by atoms with Gasteiger partial charge in [-0.1, -0.05) is 25.5 Å². The smallest absolute Gasteiger partial charge is 0.0376 e. The highest BCUT2D eigenvalue weighted by molar-refractivity contribution is 5.57. The van der Waals surface area contributed by atoms with Crippen LogP contribution < -0.4 is 5.32 Å². The molecular weight excluding hydrogens is 220 g/mol. The Morgan fingerprint density at radius 1 is 1.33 bits per heavy atom. The van der Waals surface area contributed by atoms with Crippen LogP contribution in [0.15, 0.2) is 18.2 Å². The summed E-state index contributed by atoms with van der Waals surface area (Å²) in [5, 5.41) is 3.48. The number of fused-ring (bicyclic) bond motifs is 1. The van der Waals surface area contributed by atoms with Crippen molar-refractivity contribution in [1.29, 1.82) is 0 Å². The third-order valence-electron chi connectivity index (χ3n) is 4.13. The van der Waals surface area contributed by atoms with Crippen molar-refractivity contribution < 1.29 is 0 Å². The molecule has 0 saturated heterocycles. The van der Waals surface area contributed by atoms with Gasteiger partial charge >= 0.3 is 0 Å². The van der Waals surface area contributed by atoms with E-state index >= 15 is 0 Å². The van der Waals surface area contributed by atoms with Gasteiger partial charge in [-0.15, -0.1) is 0 Å². The van der Waals surface area contributed by atoms with Gasteiger partial charge in [0.05, 0.1) is 0 Å². The summed E-state index contributed by atoms with van der Waals surface area (Å²) in [5.41, 5.74) is 4.34. The molecule has 0 amide bonds. The Hall–Kier alpha value is -1.02. The molecule has 1 N–H and O–H groups in total. The molecular formula is C16H24N2.